The van der Waals surface area contributed by atoms with Crippen LogP contribution in [0, 0.1) is 29.9 Å². The molecule has 0 aliphatic heterocycles. The van der Waals surface area contributed by atoms with E-state index in [2.05, 4.69) is 0 Å². The first-order chi connectivity index (χ1) is 10.5. The van der Waals surface area contributed by atoms with Gasteiger partial charge >= 0.3 is 0 Å². The van der Waals surface area contributed by atoms with Crippen molar-refractivity contribution in [2.75, 3.05) is 0 Å². The average molecular weight is 301 g/mol. The van der Waals surface area contributed by atoms with Crippen LogP contribution in [0.3, 0.4) is 0 Å². The minimum Gasteiger partial charge on any atom is -0.450 e. The molecule has 0 amide bonds. The van der Waals surface area contributed by atoms with E-state index in [1.807, 2.05) is 0 Å². The zero-order valence-corrected chi connectivity index (χ0v) is 12.1. The van der Waals surface area contributed by atoms with Crippen LogP contribution in [-0.2, 0) is 0 Å². The Balaban J connectivity index is 2.51. The molecule has 0 bridgehead atoms. The van der Waals surface area contributed by atoms with Crippen LogP contribution in [0.4, 0.5) is 8.78 Å². The highest BCUT2D eigenvalue weighted by molar-refractivity contribution is 5.99. The number of nitriles is 1. The van der Waals surface area contributed by atoms with Gasteiger partial charge in [0.15, 0.2) is 23.2 Å². The maximum atomic E-state index is 13.9. The summed E-state index contributed by atoms with van der Waals surface area (Å²) < 4.78 is 33.1. The normalized spacial score (nSPS) is 10.1. The topological polar surface area (TPSA) is 50.1 Å². The van der Waals surface area contributed by atoms with Gasteiger partial charge in [0.1, 0.15) is 5.75 Å². The van der Waals surface area contributed by atoms with Crippen molar-refractivity contribution >= 4 is 5.78 Å². The summed E-state index contributed by atoms with van der Waals surface area (Å²) in [7, 11) is 0. The van der Waals surface area contributed by atoms with Gasteiger partial charge in [-0.3, -0.25) is 4.79 Å². The molecule has 0 saturated carbocycles. The first-order valence-electron chi connectivity index (χ1n) is 6.67. The second kappa shape index (κ2) is 6.35. The summed E-state index contributed by atoms with van der Waals surface area (Å²) in [6.45, 7) is 3.42. The SMILES string of the molecule is CCC(=O)c1c(C)cccc1Oc1c(F)cc(C#N)cc1F. The summed E-state index contributed by atoms with van der Waals surface area (Å²) in [6.07, 6.45) is 0.250. The maximum absolute atomic E-state index is 13.9. The third kappa shape index (κ3) is 2.96. The Hall–Kier alpha value is -2.74. The van der Waals surface area contributed by atoms with Crippen LogP contribution in [0.2, 0.25) is 0 Å². The number of benzene rings is 2. The highest BCUT2D eigenvalue weighted by Crippen LogP contribution is 2.32. The Bertz CT molecular complexity index is 756. The molecule has 2 aromatic rings. The Morgan fingerprint density at radius 2 is 1.91 bits per heavy atom. The Morgan fingerprint density at radius 3 is 2.45 bits per heavy atom. The van der Waals surface area contributed by atoms with Gasteiger partial charge in [-0.2, -0.15) is 5.26 Å². The molecule has 112 valence electrons. The molecule has 0 unspecified atom stereocenters. The Kier molecular flexibility index (Phi) is 4.52. The number of hydrogen-bond acceptors (Lipinski definition) is 3. The largest absolute Gasteiger partial charge is 0.450 e. The minimum absolute atomic E-state index is 0.0920. The third-order valence-electron chi connectivity index (χ3n) is 3.17. The van der Waals surface area contributed by atoms with Crippen molar-refractivity contribution < 1.29 is 18.3 Å². The predicted molar refractivity (Wildman–Crippen MR) is 76.9 cm³/mol. The molecule has 0 aliphatic rings. The van der Waals surface area contributed by atoms with E-state index in [1.54, 1.807) is 32.0 Å². The Morgan fingerprint density at radius 1 is 1.27 bits per heavy atom. The molecular formula is C17H13F2NO2. The minimum atomic E-state index is -0.993. The summed E-state index contributed by atoms with van der Waals surface area (Å²) in [5, 5.41) is 8.68. The fourth-order valence-corrected chi connectivity index (χ4v) is 2.09. The second-order valence-electron chi connectivity index (χ2n) is 4.71. The van der Waals surface area contributed by atoms with Gasteiger partial charge in [-0.25, -0.2) is 8.78 Å². The first kappa shape index (κ1) is 15.6. The maximum Gasteiger partial charge on any atom is 0.198 e. The lowest BCUT2D eigenvalue weighted by Crippen LogP contribution is -2.04. The zero-order chi connectivity index (χ0) is 16.3. The monoisotopic (exact) mass is 301 g/mol. The van der Waals surface area contributed by atoms with Gasteiger partial charge in [0.05, 0.1) is 17.2 Å². The summed E-state index contributed by atoms with van der Waals surface area (Å²) >= 11 is 0. The van der Waals surface area contributed by atoms with Crippen LogP contribution in [0.15, 0.2) is 30.3 Å². The third-order valence-corrected chi connectivity index (χ3v) is 3.17. The van der Waals surface area contributed by atoms with Crippen molar-refractivity contribution in [2.24, 2.45) is 0 Å². The molecule has 0 aromatic heterocycles. The van der Waals surface area contributed by atoms with Gasteiger partial charge in [-0.1, -0.05) is 19.1 Å². The number of nitrogens with zero attached hydrogens (tertiary/aromatic N) is 1. The molecule has 2 aromatic carbocycles. The Labute approximate surface area is 126 Å². The van der Waals surface area contributed by atoms with Crippen molar-refractivity contribution in [1.29, 1.82) is 5.26 Å². The molecule has 0 saturated heterocycles. The smallest absolute Gasteiger partial charge is 0.198 e. The second-order valence-corrected chi connectivity index (χ2v) is 4.71. The van der Waals surface area contributed by atoms with Gasteiger partial charge < -0.3 is 4.74 Å². The standard InChI is InChI=1S/C17H13F2NO2/c1-3-14(21)16-10(2)5-4-6-15(16)22-17-12(18)7-11(9-20)8-13(17)19/h4-8H,3H2,1-2H3. The van der Waals surface area contributed by atoms with Gasteiger partial charge in [-0.15, -0.1) is 0 Å². The molecule has 0 radical (unpaired) electrons. The van der Waals surface area contributed by atoms with E-state index in [1.165, 1.54) is 6.07 Å². The fraction of sp³-hybridized carbons (Fsp3) is 0.176. The molecular weight excluding hydrogens is 288 g/mol. The van der Waals surface area contributed by atoms with E-state index in [-0.39, 0.29) is 23.5 Å². The van der Waals surface area contributed by atoms with E-state index in [0.29, 0.717) is 11.1 Å². The van der Waals surface area contributed by atoms with E-state index in [0.717, 1.165) is 12.1 Å². The van der Waals surface area contributed by atoms with Gasteiger partial charge in [0.2, 0.25) is 0 Å². The van der Waals surface area contributed by atoms with E-state index in [9.17, 15) is 13.6 Å². The lowest BCUT2D eigenvalue weighted by atomic mass is 10.0. The number of carbonyl (C=O) groups excluding carboxylic acids is 1. The van der Waals surface area contributed by atoms with Crippen LogP contribution in [0.5, 0.6) is 11.5 Å². The summed E-state index contributed by atoms with van der Waals surface area (Å²) in [5.74, 6) is -2.70. The van der Waals surface area contributed by atoms with E-state index in [4.69, 9.17) is 10.00 Å². The number of aryl methyl sites for hydroxylation is 1. The van der Waals surface area contributed by atoms with Crippen molar-refractivity contribution in [2.45, 2.75) is 20.3 Å². The van der Waals surface area contributed by atoms with Crippen molar-refractivity contribution in [3.05, 3.63) is 58.7 Å². The highest BCUT2D eigenvalue weighted by atomic mass is 19.1. The highest BCUT2D eigenvalue weighted by Gasteiger charge is 2.19. The number of rotatable bonds is 4. The molecule has 0 aliphatic carbocycles. The molecule has 3 nitrogen and oxygen atoms in total. The lowest BCUT2D eigenvalue weighted by molar-refractivity contribution is 0.0985. The molecule has 2 rings (SSSR count). The predicted octanol–water partition coefficient (Wildman–Crippen LogP) is 4.53. The fourth-order valence-electron chi connectivity index (χ4n) is 2.09. The molecule has 0 N–H and O–H groups in total. The number of ether oxygens (including phenoxy) is 1. The summed E-state index contributed by atoms with van der Waals surface area (Å²) in [5.41, 5.74) is 0.823. The first-order valence-corrected chi connectivity index (χ1v) is 6.67. The molecule has 0 fully saturated rings. The van der Waals surface area contributed by atoms with Crippen LogP contribution in [0.1, 0.15) is 34.8 Å². The molecule has 0 spiro atoms. The lowest BCUT2D eigenvalue weighted by Gasteiger charge is -2.13. The summed E-state index contributed by atoms with van der Waals surface area (Å²) in [4.78, 5) is 12.0. The summed E-state index contributed by atoms with van der Waals surface area (Å²) in [6, 6.07) is 8.26. The van der Waals surface area contributed by atoms with Crippen LogP contribution in [0.25, 0.3) is 0 Å². The van der Waals surface area contributed by atoms with Gasteiger partial charge in [-0.05, 0) is 30.7 Å². The number of ketones is 1. The number of halogens is 2. The van der Waals surface area contributed by atoms with Crippen molar-refractivity contribution in [3.63, 3.8) is 0 Å². The van der Waals surface area contributed by atoms with Crippen molar-refractivity contribution in [1.82, 2.24) is 0 Å². The zero-order valence-electron chi connectivity index (χ0n) is 12.1. The quantitative estimate of drug-likeness (QED) is 0.779. The average Bonchev–Trinajstić information content (AvgIpc) is 2.50. The van der Waals surface area contributed by atoms with Crippen LogP contribution in [-0.4, -0.2) is 5.78 Å². The number of hydrogen-bond donors (Lipinski definition) is 0. The number of carbonyl (C=O) groups is 1. The van der Waals surface area contributed by atoms with Gasteiger partial charge in [0, 0.05) is 6.42 Å². The molecule has 0 atom stereocenters. The van der Waals surface area contributed by atoms with Gasteiger partial charge in [0.25, 0.3) is 0 Å². The van der Waals surface area contributed by atoms with Crippen LogP contribution < -0.4 is 4.74 Å². The van der Waals surface area contributed by atoms with E-state index >= 15 is 0 Å². The molecule has 22 heavy (non-hydrogen) atoms. The number of Topliss-reactive ketones (excluding diaryl/α,β-unsaturated/α-hetero) is 1. The molecule has 0 heterocycles. The van der Waals surface area contributed by atoms with Crippen molar-refractivity contribution in [3.8, 4) is 17.6 Å². The van der Waals surface area contributed by atoms with Crippen LogP contribution >= 0.6 is 0 Å². The van der Waals surface area contributed by atoms with E-state index < -0.39 is 17.4 Å². The molecule has 5 heteroatoms.